The van der Waals surface area contributed by atoms with E-state index in [9.17, 15) is 9.67 Å². The van der Waals surface area contributed by atoms with E-state index in [1.165, 1.54) is 0 Å². The van der Waals surface area contributed by atoms with Crippen molar-refractivity contribution in [2.24, 2.45) is 0 Å². The maximum Gasteiger partial charge on any atom is 0.223 e. The molecule has 0 aliphatic carbocycles. The highest BCUT2D eigenvalue weighted by molar-refractivity contribution is 7.67. The lowest BCUT2D eigenvalue weighted by atomic mass is 10.8. The van der Waals surface area contributed by atoms with E-state index in [1.54, 1.807) is 0 Å². The van der Waals surface area contributed by atoms with E-state index in [4.69, 9.17) is 58.0 Å². The molecule has 0 amide bonds. The molecule has 0 aromatic carbocycles. The van der Waals surface area contributed by atoms with Gasteiger partial charge in [-0.25, -0.2) is 0 Å². The van der Waals surface area contributed by atoms with E-state index in [2.05, 4.69) is 0 Å². The highest BCUT2D eigenvalue weighted by atomic mass is 35.6. The zero-order valence-corrected chi connectivity index (χ0v) is 10.4. The van der Waals surface area contributed by atoms with Crippen molar-refractivity contribution in [3.63, 3.8) is 0 Å². The average molecular weight is 294 g/mol. The van der Waals surface area contributed by atoms with Crippen molar-refractivity contribution in [3.05, 3.63) is 0 Å². The van der Waals surface area contributed by atoms with Gasteiger partial charge >= 0.3 is 0 Å². The number of hydrogen-bond acceptors (Lipinski definition) is 2. The third kappa shape index (κ3) is 3.42. The van der Waals surface area contributed by atoms with Crippen LogP contribution in [0.4, 0.5) is 0 Å². The summed E-state index contributed by atoms with van der Waals surface area (Å²) in [5.41, 5.74) is -0.628. The zero-order valence-electron chi connectivity index (χ0n) is 5.68. The lowest BCUT2D eigenvalue weighted by Crippen LogP contribution is -2.26. The molecular weight excluding hydrogens is 288 g/mol. The molecule has 0 aromatic rings. The quantitative estimate of drug-likeness (QED) is 0.639. The third-order valence-corrected chi connectivity index (χ3v) is 6.74. The van der Waals surface area contributed by atoms with Gasteiger partial charge in [-0.15, -0.1) is 23.2 Å². The maximum atomic E-state index is 11.5. The predicted octanol–water partition coefficient (Wildman–Crippen LogP) is 3.43. The monoisotopic (exact) mass is 292 g/mol. The lowest BCUT2D eigenvalue weighted by Gasteiger charge is -2.25. The van der Waals surface area contributed by atoms with Gasteiger partial charge in [0.1, 0.15) is 7.14 Å². The van der Waals surface area contributed by atoms with Crippen LogP contribution in [0.15, 0.2) is 0 Å². The summed E-state index contributed by atoms with van der Waals surface area (Å²) in [6.07, 6.45) is 0. The Morgan fingerprint density at radius 2 is 1.58 bits per heavy atom. The number of halogens is 5. The fourth-order valence-corrected chi connectivity index (χ4v) is 4.44. The third-order valence-electron chi connectivity index (χ3n) is 1.14. The molecule has 2 nitrogen and oxygen atoms in total. The molecule has 12 heavy (non-hydrogen) atoms. The van der Waals surface area contributed by atoms with Gasteiger partial charge in [0, 0.05) is 0 Å². The average Bonchev–Trinajstić information content (AvgIpc) is 2.00. The van der Waals surface area contributed by atoms with Crippen LogP contribution in [-0.4, -0.2) is 26.0 Å². The van der Waals surface area contributed by atoms with E-state index in [1.807, 2.05) is 0 Å². The standard InChI is InChI=1S/C4H6Cl5O2P/c5-1-12(11,2-6)3(10)4(7,8)9/h3,10H,1-2H2/t3-/m1/s1. The van der Waals surface area contributed by atoms with E-state index in [0.29, 0.717) is 0 Å². The molecule has 0 saturated carbocycles. The SMILES string of the molecule is O=P(CCl)(CCl)[C@@H](O)C(Cl)(Cl)Cl. The van der Waals surface area contributed by atoms with Crippen LogP contribution in [0.1, 0.15) is 0 Å². The summed E-state index contributed by atoms with van der Waals surface area (Å²) < 4.78 is 9.52. The fourth-order valence-electron chi connectivity index (χ4n) is 0.429. The lowest BCUT2D eigenvalue weighted by molar-refractivity contribution is 0.252. The Hall–Kier alpha value is 1.64. The summed E-state index contributed by atoms with van der Waals surface area (Å²) in [5, 5.41) is 9.28. The summed E-state index contributed by atoms with van der Waals surface area (Å²) in [4.78, 5) is 0. The maximum absolute atomic E-state index is 11.5. The molecule has 0 saturated heterocycles. The summed E-state index contributed by atoms with van der Waals surface area (Å²) >= 11 is 26.6. The first-order valence-corrected chi connectivity index (χ1v) is 7.07. The molecule has 0 unspecified atom stereocenters. The first-order valence-electron chi connectivity index (χ1n) is 2.72. The van der Waals surface area contributed by atoms with E-state index in [0.717, 1.165) is 0 Å². The largest absolute Gasteiger partial charge is 0.381 e. The Bertz CT molecular complexity index is 182. The van der Waals surface area contributed by atoms with Crippen molar-refractivity contribution < 1.29 is 9.67 Å². The Balaban J connectivity index is 4.66. The van der Waals surface area contributed by atoms with Crippen LogP contribution in [0.3, 0.4) is 0 Å². The first-order chi connectivity index (χ1) is 5.28. The van der Waals surface area contributed by atoms with Gasteiger partial charge < -0.3 is 9.67 Å². The minimum Gasteiger partial charge on any atom is -0.381 e. The van der Waals surface area contributed by atoms with Crippen LogP contribution >= 0.6 is 65.1 Å². The Labute approximate surface area is 95.4 Å². The van der Waals surface area contributed by atoms with Gasteiger partial charge in [-0.3, -0.25) is 0 Å². The van der Waals surface area contributed by atoms with Crippen molar-refractivity contribution in [2.45, 2.75) is 9.64 Å². The molecule has 1 atom stereocenters. The molecule has 0 spiro atoms. The molecule has 8 heteroatoms. The second kappa shape index (κ2) is 4.93. The Morgan fingerprint density at radius 1 is 1.25 bits per heavy atom. The van der Waals surface area contributed by atoms with E-state index in [-0.39, 0.29) is 11.2 Å². The van der Waals surface area contributed by atoms with Crippen LogP contribution in [0.25, 0.3) is 0 Å². The second-order valence-electron chi connectivity index (χ2n) is 2.11. The first kappa shape index (κ1) is 13.6. The van der Waals surface area contributed by atoms with Gasteiger partial charge in [0.15, 0.2) is 5.85 Å². The number of hydrogen-bond donors (Lipinski definition) is 1. The highest BCUT2D eigenvalue weighted by Crippen LogP contribution is 2.58. The number of alkyl halides is 5. The summed E-state index contributed by atoms with van der Waals surface area (Å²) in [6, 6.07) is 0. The van der Waals surface area contributed by atoms with Crippen molar-refractivity contribution >= 4 is 65.1 Å². The molecule has 0 fully saturated rings. The minimum absolute atomic E-state index is 0.314. The van der Waals surface area contributed by atoms with Crippen LogP contribution in [0.2, 0.25) is 0 Å². The molecule has 0 rings (SSSR count). The van der Waals surface area contributed by atoms with Crippen molar-refractivity contribution in [1.29, 1.82) is 0 Å². The van der Waals surface area contributed by atoms with E-state index >= 15 is 0 Å². The minimum atomic E-state index is -3.20. The normalized spacial score (nSPS) is 16.2. The Morgan fingerprint density at radius 3 is 1.67 bits per heavy atom. The van der Waals surface area contributed by atoms with Crippen LogP contribution in [-0.2, 0) is 4.57 Å². The van der Waals surface area contributed by atoms with Gasteiger partial charge in [0.05, 0.1) is 11.2 Å². The van der Waals surface area contributed by atoms with Gasteiger partial charge in [0.25, 0.3) is 0 Å². The number of rotatable bonds is 3. The van der Waals surface area contributed by atoms with Crippen molar-refractivity contribution in [2.75, 3.05) is 11.2 Å². The molecule has 0 heterocycles. The highest BCUT2D eigenvalue weighted by Gasteiger charge is 2.43. The van der Waals surface area contributed by atoms with E-state index < -0.39 is 16.8 Å². The van der Waals surface area contributed by atoms with Gasteiger partial charge in [-0.2, -0.15) is 0 Å². The number of aliphatic hydroxyl groups excluding tert-OH is 1. The molecule has 0 radical (unpaired) electrons. The summed E-state index contributed by atoms with van der Waals surface area (Å²) in [5.74, 6) is -1.62. The molecule has 0 bridgehead atoms. The zero-order chi connectivity index (χ0) is 9.99. The van der Waals surface area contributed by atoms with Gasteiger partial charge in [-0.1, -0.05) is 34.8 Å². The topological polar surface area (TPSA) is 37.3 Å². The smallest absolute Gasteiger partial charge is 0.223 e. The predicted molar refractivity (Wildman–Crippen MR) is 55.3 cm³/mol. The molecular formula is C4H6Cl5O2P. The van der Waals surface area contributed by atoms with Crippen molar-refractivity contribution in [1.82, 2.24) is 0 Å². The Kier molecular flexibility index (Phi) is 5.60. The van der Waals surface area contributed by atoms with Crippen LogP contribution in [0, 0.1) is 0 Å². The van der Waals surface area contributed by atoms with Crippen LogP contribution < -0.4 is 0 Å². The molecule has 0 aliphatic heterocycles. The molecule has 0 aliphatic rings. The van der Waals surface area contributed by atoms with Gasteiger partial charge in [0.2, 0.25) is 3.79 Å². The molecule has 1 N–H and O–H groups in total. The molecule has 74 valence electrons. The fraction of sp³-hybridized carbons (Fsp3) is 1.00. The second-order valence-corrected chi connectivity index (χ2v) is 8.78. The summed E-state index contributed by atoms with van der Waals surface area (Å²) in [6.45, 7) is 0. The van der Waals surface area contributed by atoms with Crippen molar-refractivity contribution in [3.8, 4) is 0 Å². The number of aliphatic hydroxyl groups is 1. The molecule has 0 aromatic heterocycles. The summed E-state index contributed by atoms with van der Waals surface area (Å²) in [7, 11) is -3.20. The van der Waals surface area contributed by atoms with Crippen LogP contribution in [0.5, 0.6) is 0 Å². The van der Waals surface area contributed by atoms with Gasteiger partial charge in [-0.05, 0) is 0 Å².